The summed E-state index contributed by atoms with van der Waals surface area (Å²) in [5.74, 6) is -0.566. The Morgan fingerprint density at radius 3 is 2.28 bits per heavy atom. The summed E-state index contributed by atoms with van der Waals surface area (Å²) in [5.41, 5.74) is 16.3. The zero-order chi connectivity index (χ0) is 23.3. The Labute approximate surface area is 190 Å². The molecule has 0 spiro atoms. The van der Waals surface area contributed by atoms with Gasteiger partial charge in [0.15, 0.2) is 5.71 Å². The summed E-state index contributed by atoms with van der Waals surface area (Å²) in [7, 11) is 1.95. The Kier molecular flexibility index (Phi) is 7.13. The Morgan fingerprint density at radius 2 is 1.62 bits per heavy atom. The molecule has 2 aromatic carbocycles. The van der Waals surface area contributed by atoms with E-state index >= 15 is 0 Å². The van der Waals surface area contributed by atoms with Crippen molar-refractivity contribution in [3.8, 4) is 0 Å². The summed E-state index contributed by atoms with van der Waals surface area (Å²) < 4.78 is 2.31. The van der Waals surface area contributed by atoms with Crippen molar-refractivity contribution in [3.63, 3.8) is 0 Å². The minimum atomic E-state index is -0.297. The normalized spacial score (nSPS) is 14.6. The second-order valence-electron chi connectivity index (χ2n) is 8.81. The second kappa shape index (κ2) is 9.81. The largest absolute Gasteiger partial charge is 0.374 e. The number of nitrogens with two attached hydrogens (primary N) is 2. The SMILES string of the molecule is CN(CCC(N)=O)c1ccc(/C=C/C2=[N+](CCCC(N)=O)c3ccccc3C2(C)C)cc1. The van der Waals surface area contributed by atoms with Crippen LogP contribution >= 0.6 is 0 Å². The first-order valence-electron chi connectivity index (χ1n) is 11.0. The molecule has 6 heteroatoms. The van der Waals surface area contributed by atoms with E-state index in [1.54, 1.807) is 0 Å². The lowest BCUT2D eigenvalue weighted by Crippen LogP contribution is -2.28. The molecule has 2 amide bonds. The number of rotatable bonds is 10. The van der Waals surface area contributed by atoms with Crippen molar-refractivity contribution in [1.29, 1.82) is 0 Å². The Bertz CT molecular complexity index is 1050. The first kappa shape index (κ1) is 23.3. The lowest BCUT2D eigenvalue weighted by atomic mass is 9.81. The highest BCUT2D eigenvalue weighted by Crippen LogP contribution is 2.40. The number of anilines is 1. The maximum atomic E-state index is 11.2. The number of hydrogen-bond acceptors (Lipinski definition) is 3. The molecule has 0 aromatic heterocycles. The molecule has 3 rings (SSSR count). The van der Waals surface area contributed by atoms with E-state index in [0.29, 0.717) is 25.8 Å². The lowest BCUT2D eigenvalue weighted by molar-refractivity contribution is -0.438. The summed E-state index contributed by atoms with van der Waals surface area (Å²) in [6, 6.07) is 16.7. The van der Waals surface area contributed by atoms with Gasteiger partial charge in [0.1, 0.15) is 6.54 Å². The number of fused-ring (bicyclic) bond motifs is 1. The topological polar surface area (TPSA) is 92.4 Å². The van der Waals surface area contributed by atoms with Crippen LogP contribution in [0, 0.1) is 0 Å². The third-order valence-corrected chi connectivity index (χ3v) is 6.07. The first-order chi connectivity index (χ1) is 15.2. The molecule has 32 heavy (non-hydrogen) atoms. The maximum Gasteiger partial charge on any atom is 0.219 e. The monoisotopic (exact) mass is 433 g/mol. The Hall–Kier alpha value is -3.41. The zero-order valence-electron chi connectivity index (χ0n) is 19.2. The highest BCUT2D eigenvalue weighted by molar-refractivity contribution is 6.05. The van der Waals surface area contributed by atoms with Crippen LogP contribution in [0.4, 0.5) is 11.4 Å². The van der Waals surface area contributed by atoms with Crippen LogP contribution in [0.2, 0.25) is 0 Å². The van der Waals surface area contributed by atoms with Gasteiger partial charge in [0.25, 0.3) is 0 Å². The maximum absolute atomic E-state index is 11.2. The summed E-state index contributed by atoms with van der Waals surface area (Å²) in [4.78, 5) is 24.3. The smallest absolute Gasteiger partial charge is 0.219 e. The fourth-order valence-electron chi connectivity index (χ4n) is 4.22. The molecule has 0 saturated heterocycles. The van der Waals surface area contributed by atoms with Crippen LogP contribution in [-0.4, -0.2) is 42.2 Å². The Morgan fingerprint density at radius 1 is 0.969 bits per heavy atom. The van der Waals surface area contributed by atoms with Crippen molar-refractivity contribution in [1.82, 2.24) is 0 Å². The number of nitrogens with zero attached hydrogens (tertiary/aromatic N) is 2. The van der Waals surface area contributed by atoms with E-state index in [1.165, 1.54) is 17.0 Å². The van der Waals surface area contributed by atoms with E-state index in [1.807, 2.05) is 24.1 Å². The van der Waals surface area contributed by atoms with E-state index in [0.717, 1.165) is 17.8 Å². The number of primary amides is 2. The molecule has 0 saturated carbocycles. The molecule has 0 aliphatic carbocycles. The number of allylic oxidation sites excluding steroid dienone is 1. The predicted octanol–water partition coefficient (Wildman–Crippen LogP) is 3.35. The molecule has 0 atom stereocenters. The number of amides is 2. The van der Waals surface area contributed by atoms with E-state index in [9.17, 15) is 9.59 Å². The van der Waals surface area contributed by atoms with Gasteiger partial charge >= 0.3 is 0 Å². The molecule has 1 heterocycles. The zero-order valence-corrected chi connectivity index (χ0v) is 19.2. The van der Waals surface area contributed by atoms with Gasteiger partial charge in [-0.3, -0.25) is 9.59 Å². The average Bonchev–Trinajstić information content (AvgIpc) is 2.97. The molecule has 4 N–H and O–H groups in total. The van der Waals surface area contributed by atoms with Crippen LogP contribution < -0.4 is 16.4 Å². The van der Waals surface area contributed by atoms with Gasteiger partial charge in [-0.15, -0.1) is 0 Å². The van der Waals surface area contributed by atoms with Crippen LogP contribution in [0.25, 0.3) is 6.08 Å². The van der Waals surface area contributed by atoms with Gasteiger partial charge in [-0.25, -0.2) is 0 Å². The quantitative estimate of drug-likeness (QED) is 0.563. The van der Waals surface area contributed by atoms with Gasteiger partial charge in [-0.1, -0.05) is 30.3 Å². The molecule has 0 radical (unpaired) electrons. The third-order valence-electron chi connectivity index (χ3n) is 6.07. The van der Waals surface area contributed by atoms with Gasteiger partial charge in [0.2, 0.25) is 17.5 Å². The first-order valence-corrected chi connectivity index (χ1v) is 11.0. The minimum Gasteiger partial charge on any atom is -0.374 e. The molecule has 0 unspecified atom stereocenters. The fourth-order valence-corrected chi connectivity index (χ4v) is 4.22. The summed E-state index contributed by atoms with van der Waals surface area (Å²) in [6.07, 6.45) is 5.72. The van der Waals surface area contributed by atoms with E-state index < -0.39 is 0 Å². The van der Waals surface area contributed by atoms with Crippen LogP contribution in [-0.2, 0) is 15.0 Å². The van der Waals surface area contributed by atoms with Crippen molar-refractivity contribution in [2.45, 2.75) is 38.5 Å². The number of para-hydroxylation sites is 1. The molecule has 0 fully saturated rings. The second-order valence-corrected chi connectivity index (χ2v) is 8.81. The highest BCUT2D eigenvalue weighted by Gasteiger charge is 2.43. The van der Waals surface area contributed by atoms with E-state index in [2.05, 4.69) is 67.0 Å². The van der Waals surface area contributed by atoms with Crippen molar-refractivity contribution >= 4 is 35.0 Å². The molecular weight excluding hydrogens is 400 g/mol. The summed E-state index contributed by atoms with van der Waals surface area (Å²) in [6.45, 7) is 5.80. The molecule has 0 bridgehead atoms. The molecule has 1 aliphatic rings. The number of carbonyl (C=O) groups excluding carboxylic acids is 2. The molecule has 1 aliphatic heterocycles. The van der Waals surface area contributed by atoms with Crippen LogP contribution in [0.3, 0.4) is 0 Å². The number of carbonyl (C=O) groups is 2. The van der Waals surface area contributed by atoms with Crippen molar-refractivity contribution in [3.05, 3.63) is 65.7 Å². The van der Waals surface area contributed by atoms with Crippen LogP contribution in [0.5, 0.6) is 0 Å². The van der Waals surface area contributed by atoms with E-state index in [4.69, 9.17) is 11.5 Å². The molecular formula is C26H33N4O2+. The number of hydrogen-bond donors (Lipinski definition) is 2. The van der Waals surface area contributed by atoms with Crippen molar-refractivity contribution in [2.24, 2.45) is 11.5 Å². The molecule has 168 valence electrons. The fraction of sp³-hybridized carbons (Fsp3) is 0.346. The Balaban J connectivity index is 1.84. The van der Waals surface area contributed by atoms with Crippen LogP contribution in [0.1, 0.15) is 44.2 Å². The molecule has 6 nitrogen and oxygen atoms in total. The standard InChI is InChI=1S/C26H32N4O2/c1-26(2)21-7-4-5-8-22(21)30(17-6-9-24(27)31)23(26)15-12-19-10-13-20(14-11-19)29(3)18-16-25(28)32/h4-5,7-8,10-15H,6,9,16-18H2,1-3H3,(H3-,27,28,31,32)/p+1. The molecule has 2 aromatic rings. The summed E-state index contributed by atoms with van der Waals surface area (Å²) in [5, 5.41) is 0. The van der Waals surface area contributed by atoms with Gasteiger partial charge in [0.05, 0.1) is 5.41 Å². The summed E-state index contributed by atoms with van der Waals surface area (Å²) >= 11 is 0. The van der Waals surface area contributed by atoms with E-state index in [-0.39, 0.29) is 17.2 Å². The number of benzene rings is 2. The predicted molar refractivity (Wildman–Crippen MR) is 130 cm³/mol. The average molecular weight is 434 g/mol. The van der Waals surface area contributed by atoms with Gasteiger partial charge in [-0.2, -0.15) is 4.58 Å². The third kappa shape index (κ3) is 5.25. The van der Waals surface area contributed by atoms with Crippen molar-refractivity contribution < 1.29 is 14.2 Å². The van der Waals surface area contributed by atoms with Crippen LogP contribution in [0.15, 0.2) is 54.6 Å². The van der Waals surface area contributed by atoms with Crippen molar-refractivity contribution in [2.75, 3.05) is 25.0 Å². The lowest BCUT2D eigenvalue weighted by Gasteiger charge is -2.18. The highest BCUT2D eigenvalue weighted by atomic mass is 16.1. The van der Waals surface area contributed by atoms with Gasteiger partial charge in [0, 0.05) is 56.2 Å². The van der Waals surface area contributed by atoms with Gasteiger partial charge in [-0.05, 0) is 37.6 Å². The van der Waals surface area contributed by atoms with Gasteiger partial charge < -0.3 is 16.4 Å². The minimum absolute atomic E-state index is 0.144.